The van der Waals surface area contributed by atoms with E-state index in [1.165, 1.54) is 5.56 Å². The van der Waals surface area contributed by atoms with Crippen molar-refractivity contribution >= 4 is 0 Å². The fourth-order valence-corrected chi connectivity index (χ4v) is 2.14. The van der Waals surface area contributed by atoms with Gasteiger partial charge < -0.3 is 9.47 Å². The van der Waals surface area contributed by atoms with Crippen molar-refractivity contribution in [2.75, 3.05) is 0 Å². The molecular formula is C17H28O2. The second-order valence-corrected chi connectivity index (χ2v) is 6.07. The molecule has 0 amide bonds. The van der Waals surface area contributed by atoms with E-state index in [-0.39, 0.29) is 17.8 Å². The molecule has 0 aliphatic carbocycles. The summed E-state index contributed by atoms with van der Waals surface area (Å²) in [5.41, 5.74) is 1.16. The molecule has 1 unspecified atom stereocenters. The molecule has 1 rings (SSSR count). The summed E-state index contributed by atoms with van der Waals surface area (Å²) in [6.07, 6.45) is 2.57. The zero-order chi connectivity index (χ0) is 14.3. The summed E-state index contributed by atoms with van der Waals surface area (Å²) >= 11 is 0. The van der Waals surface area contributed by atoms with E-state index in [9.17, 15) is 0 Å². The van der Waals surface area contributed by atoms with Gasteiger partial charge >= 0.3 is 0 Å². The SMILES string of the molecule is CC(C)OC(C)(C)CCC(C)OCc1ccccc1. The van der Waals surface area contributed by atoms with Crippen molar-refractivity contribution in [1.82, 2.24) is 0 Å². The van der Waals surface area contributed by atoms with Crippen LogP contribution in [0, 0.1) is 0 Å². The molecule has 2 heteroatoms. The van der Waals surface area contributed by atoms with Crippen molar-refractivity contribution in [3.63, 3.8) is 0 Å². The van der Waals surface area contributed by atoms with Crippen molar-refractivity contribution in [3.05, 3.63) is 35.9 Å². The van der Waals surface area contributed by atoms with E-state index in [1.54, 1.807) is 0 Å². The van der Waals surface area contributed by atoms with Crippen LogP contribution in [-0.4, -0.2) is 17.8 Å². The molecule has 0 aliphatic rings. The molecule has 0 aliphatic heterocycles. The first-order valence-electron chi connectivity index (χ1n) is 7.22. The Kier molecular flexibility index (Phi) is 6.53. The Morgan fingerprint density at radius 3 is 2.26 bits per heavy atom. The number of rotatable bonds is 8. The quantitative estimate of drug-likeness (QED) is 0.684. The normalized spacial score (nSPS) is 13.8. The van der Waals surface area contributed by atoms with E-state index < -0.39 is 0 Å². The van der Waals surface area contributed by atoms with Crippen LogP contribution >= 0.6 is 0 Å². The Balaban J connectivity index is 2.26. The molecule has 0 radical (unpaired) electrons. The van der Waals surface area contributed by atoms with E-state index in [2.05, 4.69) is 46.8 Å². The fourth-order valence-electron chi connectivity index (χ4n) is 2.14. The van der Waals surface area contributed by atoms with Crippen LogP contribution in [0.25, 0.3) is 0 Å². The summed E-state index contributed by atoms with van der Waals surface area (Å²) in [5.74, 6) is 0. The number of ether oxygens (including phenoxy) is 2. The molecule has 19 heavy (non-hydrogen) atoms. The maximum absolute atomic E-state index is 5.90. The van der Waals surface area contributed by atoms with Crippen molar-refractivity contribution < 1.29 is 9.47 Å². The van der Waals surface area contributed by atoms with Crippen LogP contribution in [0.2, 0.25) is 0 Å². The summed E-state index contributed by atoms with van der Waals surface area (Å²) in [6.45, 7) is 11.3. The van der Waals surface area contributed by atoms with Crippen LogP contribution in [0.3, 0.4) is 0 Å². The Morgan fingerprint density at radius 1 is 1.05 bits per heavy atom. The van der Waals surface area contributed by atoms with E-state index >= 15 is 0 Å². The molecule has 0 bridgehead atoms. The lowest BCUT2D eigenvalue weighted by Gasteiger charge is -2.29. The van der Waals surface area contributed by atoms with Crippen molar-refractivity contribution in [1.29, 1.82) is 0 Å². The first-order valence-corrected chi connectivity index (χ1v) is 7.22. The van der Waals surface area contributed by atoms with Crippen molar-refractivity contribution in [2.45, 2.75) is 71.9 Å². The standard InChI is InChI=1S/C17H28O2/c1-14(2)19-17(4,5)12-11-15(3)18-13-16-9-7-6-8-10-16/h6-10,14-15H,11-13H2,1-5H3. The monoisotopic (exact) mass is 264 g/mol. The molecule has 0 N–H and O–H groups in total. The Hall–Kier alpha value is -0.860. The van der Waals surface area contributed by atoms with Crippen LogP contribution < -0.4 is 0 Å². The minimum absolute atomic E-state index is 0.0709. The average Bonchev–Trinajstić information content (AvgIpc) is 2.34. The lowest BCUT2D eigenvalue weighted by Crippen LogP contribution is -2.29. The predicted molar refractivity (Wildman–Crippen MR) is 80.2 cm³/mol. The number of hydrogen-bond acceptors (Lipinski definition) is 2. The number of hydrogen-bond donors (Lipinski definition) is 0. The molecule has 1 aromatic rings. The van der Waals surface area contributed by atoms with Gasteiger partial charge in [0.1, 0.15) is 0 Å². The van der Waals surface area contributed by atoms with Crippen molar-refractivity contribution in [3.8, 4) is 0 Å². The van der Waals surface area contributed by atoms with Crippen LogP contribution in [-0.2, 0) is 16.1 Å². The van der Waals surface area contributed by atoms with Gasteiger partial charge in [-0.3, -0.25) is 0 Å². The van der Waals surface area contributed by atoms with Gasteiger partial charge in [0.25, 0.3) is 0 Å². The third kappa shape index (κ3) is 7.34. The van der Waals surface area contributed by atoms with Gasteiger partial charge in [0.2, 0.25) is 0 Å². The molecule has 108 valence electrons. The minimum Gasteiger partial charge on any atom is -0.374 e. The van der Waals surface area contributed by atoms with E-state index in [4.69, 9.17) is 9.47 Å². The predicted octanol–water partition coefficient (Wildman–Crippen LogP) is 4.58. The summed E-state index contributed by atoms with van der Waals surface area (Å²) in [7, 11) is 0. The molecular weight excluding hydrogens is 236 g/mol. The maximum Gasteiger partial charge on any atom is 0.0720 e. The third-order valence-corrected chi connectivity index (χ3v) is 3.09. The molecule has 1 atom stereocenters. The van der Waals surface area contributed by atoms with Crippen LogP contribution in [0.4, 0.5) is 0 Å². The summed E-state index contributed by atoms with van der Waals surface area (Å²) < 4.78 is 11.8. The lowest BCUT2D eigenvalue weighted by atomic mass is 10.00. The number of benzene rings is 1. The first-order chi connectivity index (χ1) is 8.89. The maximum atomic E-state index is 5.90. The lowest BCUT2D eigenvalue weighted by molar-refractivity contribution is -0.0698. The smallest absolute Gasteiger partial charge is 0.0720 e. The Bertz CT molecular complexity index is 344. The van der Waals surface area contributed by atoms with Gasteiger partial charge in [-0.1, -0.05) is 30.3 Å². The fraction of sp³-hybridized carbons (Fsp3) is 0.647. The summed E-state index contributed by atoms with van der Waals surface area (Å²) in [5, 5.41) is 0. The molecule has 0 fully saturated rings. The molecule has 0 saturated carbocycles. The minimum atomic E-state index is -0.0709. The Morgan fingerprint density at radius 2 is 1.68 bits per heavy atom. The molecule has 2 nitrogen and oxygen atoms in total. The molecule has 0 saturated heterocycles. The topological polar surface area (TPSA) is 18.5 Å². The van der Waals surface area contributed by atoms with E-state index in [0.717, 1.165) is 12.8 Å². The van der Waals surface area contributed by atoms with Crippen LogP contribution in [0.5, 0.6) is 0 Å². The molecule has 0 aromatic heterocycles. The van der Waals surface area contributed by atoms with Gasteiger partial charge in [-0.25, -0.2) is 0 Å². The van der Waals surface area contributed by atoms with Crippen LogP contribution in [0.15, 0.2) is 30.3 Å². The van der Waals surface area contributed by atoms with Gasteiger partial charge in [-0.15, -0.1) is 0 Å². The molecule has 0 spiro atoms. The summed E-state index contributed by atoms with van der Waals surface area (Å²) in [4.78, 5) is 0. The highest BCUT2D eigenvalue weighted by Gasteiger charge is 2.20. The van der Waals surface area contributed by atoms with Crippen molar-refractivity contribution in [2.24, 2.45) is 0 Å². The third-order valence-electron chi connectivity index (χ3n) is 3.09. The zero-order valence-electron chi connectivity index (χ0n) is 13.0. The van der Waals surface area contributed by atoms with Gasteiger partial charge in [-0.05, 0) is 53.0 Å². The van der Waals surface area contributed by atoms with Crippen LogP contribution in [0.1, 0.15) is 53.0 Å². The highest BCUT2D eigenvalue weighted by Crippen LogP contribution is 2.21. The summed E-state index contributed by atoms with van der Waals surface area (Å²) in [6, 6.07) is 10.3. The second kappa shape index (κ2) is 7.66. The molecule has 0 heterocycles. The van der Waals surface area contributed by atoms with Gasteiger partial charge in [0, 0.05) is 0 Å². The largest absolute Gasteiger partial charge is 0.374 e. The first kappa shape index (κ1) is 16.2. The average molecular weight is 264 g/mol. The molecule has 1 aromatic carbocycles. The van der Waals surface area contributed by atoms with Gasteiger partial charge in [0.15, 0.2) is 0 Å². The van der Waals surface area contributed by atoms with Gasteiger partial charge in [-0.2, -0.15) is 0 Å². The van der Waals surface area contributed by atoms with Gasteiger partial charge in [0.05, 0.1) is 24.4 Å². The second-order valence-electron chi connectivity index (χ2n) is 6.07. The highest BCUT2D eigenvalue weighted by atomic mass is 16.5. The Labute approximate surface area is 118 Å². The van der Waals surface area contributed by atoms with E-state index in [0.29, 0.717) is 6.61 Å². The zero-order valence-corrected chi connectivity index (χ0v) is 13.0. The highest BCUT2D eigenvalue weighted by molar-refractivity contribution is 5.13. The van der Waals surface area contributed by atoms with E-state index in [1.807, 2.05) is 18.2 Å².